The van der Waals surface area contributed by atoms with Crippen molar-refractivity contribution in [3.63, 3.8) is 0 Å². The Labute approximate surface area is 128 Å². The summed E-state index contributed by atoms with van der Waals surface area (Å²) < 4.78 is 0. The summed E-state index contributed by atoms with van der Waals surface area (Å²) in [4.78, 5) is 12.1. The van der Waals surface area contributed by atoms with Crippen LogP contribution in [0.3, 0.4) is 0 Å². The molecule has 0 bridgehead atoms. The predicted molar refractivity (Wildman–Crippen MR) is 84.4 cm³/mol. The summed E-state index contributed by atoms with van der Waals surface area (Å²) in [5.41, 5.74) is 1.84. The van der Waals surface area contributed by atoms with Gasteiger partial charge in [-0.2, -0.15) is 0 Å². The molecular weight excluding hydrogens is 286 g/mol. The van der Waals surface area contributed by atoms with Gasteiger partial charge in [-0.1, -0.05) is 41.6 Å². The fourth-order valence-corrected chi connectivity index (χ4v) is 1.92. The highest BCUT2D eigenvalue weighted by Crippen LogP contribution is 2.18. The van der Waals surface area contributed by atoms with Gasteiger partial charge in [-0.05, 0) is 30.3 Å². The molecule has 0 saturated carbocycles. The summed E-state index contributed by atoms with van der Waals surface area (Å²) in [5, 5.41) is 11.9. The number of aliphatic hydroxyl groups is 1. The zero-order valence-electron chi connectivity index (χ0n) is 11.3. The number of aliphatic hydroxyl groups excluding tert-OH is 1. The van der Waals surface area contributed by atoms with Crippen LogP contribution in [0.5, 0.6) is 0 Å². The van der Waals surface area contributed by atoms with E-state index in [0.29, 0.717) is 22.6 Å². The first-order valence-electron chi connectivity index (χ1n) is 6.46. The number of rotatable bonds is 3. The van der Waals surface area contributed by atoms with E-state index < -0.39 is 0 Å². The Morgan fingerprint density at radius 2 is 1.95 bits per heavy atom. The fourth-order valence-electron chi connectivity index (χ4n) is 1.70. The quantitative estimate of drug-likeness (QED) is 0.854. The van der Waals surface area contributed by atoms with Gasteiger partial charge >= 0.3 is 0 Å². The maximum atomic E-state index is 12.1. The predicted octanol–water partition coefficient (Wildman–Crippen LogP) is 3.33. The summed E-state index contributed by atoms with van der Waals surface area (Å²) >= 11 is 6.11. The first kappa shape index (κ1) is 15.1. The van der Waals surface area contributed by atoms with Crippen molar-refractivity contribution in [1.29, 1.82) is 0 Å². The number of amides is 1. The number of carbonyl (C=O) groups excluding carboxylic acids is 1. The first-order chi connectivity index (χ1) is 10.2. The summed E-state index contributed by atoms with van der Waals surface area (Å²) in [7, 11) is 0. The summed E-state index contributed by atoms with van der Waals surface area (Å²) in [6, 6.07) is 14.2. The molecule has 0 saturated heterocycles. The molecule has 1 amide bonds. The lowest BCUT2D eigenvalue weighted by molar-refractivity contribution is 0.102. The van der Waals surface area contributed by atoms with Gasteiger partial charge in [0.25, 0.3) is 5.91 Å². The van der Waals surface area contributed by atoms with Crippen molar-refractivity contribution in [3.8, 4) is 11.8 Å². The number of carbonyl (C=O) groups is 1. The molecule has 0 aliphatic rings. The van der Waals surface area contributed by atoms with Crippen molar-refractivity contribution in [1.82, 2.24) is 0 Å². The van der Waals surface area contributed by atoms with Gasteiger partial charge in [0, 0.05) is 23.2 Å². The average molecular weight is 300 g/mol. The molecule has 4 heteroatoms. The average Bonchev–Trinajstić information content (AvgIpc) is 2.50. The molecular formula is C17H14ClNO2. The Morgan fingerprint density at radius 1 is 1.19 bits per heavy atom. The standard InChI is InChI=1S/C17H14ClNO2/c18-16-12-14(10-9-13(16)6-4-5-11-20)17(21)19-15-7-2-1-3-8-15/h1-3,7-10,12,20H,5,11H2,(H,19,21). The minimum Gasteiger partial charge on any atom is -0.395 e. The normalized spacial score (nSPS) is 9.62. The molecule has 0 aliphatic heterocycles. The van der Waals surface area contributed by atoms with E-state index in [2.05, 4.69) is 17.2 Å². The lowest BCUT2D eigenvalue weighted by Crippen LogP contribution is -2.11. The summed E-state index contributed by atoms with van der Waals surface area (Å²) in [6.07, 6.45) is 0.395. The van der Waals surface area contributed by atoms with E-state index in [9.17, 15) is 4.79 Å². The molecule has 3 nitrogen and oxygen atoms in total. The Balaban J connectivity index is 2.13. The van der Waals surface area contributed by atoms with Crippen LogP contribution in [-0.4, -0.2) is 17.6 Å². The number of halogens is 1. The molecule has 0 atom stereocenters. The molecule has 2 rings (SSSR count). The van der Waals surface area contributed by atoms with Crippen LogP contribution in [0.15, 0.2) is 48.5 Å². The van der Waals surface area contributed by atoms with Gasteiger partial charge < -0.3 is 10.4 Å². The van der Waals surface area contributed by atoms with Crippen LogP contribution in [0.25, 0.3) is 0 Å². The molecule has 0 unspecified atom stereocenters. The number of anilines is 1. The van der Waals surface area contributed by atoms with Gasteiger partial charge in [-0.15, -0.1) is 0 Å². The zero-order valence-corrected chi connectivity index (χ0v) is 12.0. The second-order valence-electron chi connectivity index (χ2n) is 4.29. The lowest BCUT2D eigenvalue weighted by Gasteiger charge is -2.06. The van der Waals surface area contributed by atoms with Crippen LogP contribution < -0.4 is 5.32 Å². The van der Waals surface area contributed by atoms with Crippen LogP contribution in [0.4, 0.5) is 5.69 Å². The molecule has 0 heterocycles. The highest BCUT2D eigenvalue weighted by molar-refractivity contribution is 6.32. The van der Waals surface area contributed by atoms with Crippen LogP contribution >= 0.6 is 11.6 Å². The van der Waals surface area contributed by atoms with Gasteiger partial charge in [0.05, 0.1) is 11.6 Å². The van der Waals surface area contributed by atoms with E-state index >= 15 is 0 Å². The number of para-hydroxylation sites is 1. The topological polar surface area (TPSA) is 49.3 Å². The third-order valence-corrected chi connectivity index (χ3v) is 3.04. The highest BCUT2D eigenvalue weighted by atomic mass is 35.5. The van der Waals surface area contributed by atoms with E-state index in [1.54, 1.807) is 18.2 Å². The van der Waals surface area contributed by atoms with Crippen LogP contribution in [0.2, 0.25) is 5.02 Å². The number of hydrogen-bond donors (Lipinski definition) is 2. The molecule has 0 spiro atoms. The van der Waals surface area contributed by atoms with Gasteiger partial charge in [0.1, 0.15) is 0 Å². The van der Waals surface area contributed by atoms with Gasteiger partial charge in [0.2, 0.25) is 0 Å². The summed E-state index contributed by atoms with van der Waals surface area (Å²) in [5.74, 6) is 5.43. The first-order valence-corrected chi connectivity index (χ1v) is 6.84. The Morgan fingerprint density at radius 3 is 2.62 bits per heavy atom. The van der Waals surface area contributed by atoms with Crippen molar-refractivity contribution >= 4 is 23.2 Å². The molecule has 21 heavy (non-hydrogen) atoms. The lowest BCUT2D eigenvalue weighted by atomic mass is 10.1. The minimum atomic E-state index is -0.224. The van der Waals surface area contributed by atoms with Crippen molar-refractivity contribution in [2.75, 3.05) is 11.9 Å². The highest BCUT2D eigenvalue weighted by Gasteiger charge is 2.08. The smallest absolute Gasteiger partial charge is 0.255 e. The van der Waals surface area contributed by atoms with E-state index in [0.717, 1.165) is 5.69 Å². The fraction of sp³-hybridized carbons (Fsp3) is 0.118. The monoisotopic (exact) mass is 299 g/mol. The Hall–Kier alpha value is -2.28. The Bertz CT molecular complexity index is 687. The largest absolute Gasteiger partial charge is 0.395 e. The molecule has 2 aromatic rings. The van der Waals surface area contributed by atoms with Crippen molar-refractivity contribution < 1.29 is 9.90 Å². The van der Waals surface area contributed by atoms with Gasteiger partial charge in [0.15, 0.2) is 0 Å². The van der Waals surface area contributed by atoms with Crippen LogP contribution in [0, 0.1) is 11.8 Å². The van der Waals surface area contributed by atoms with E-state index in [1.165, 1.54) is 0 Å². The van der Waals surface area contributed by atoms with Crippen LogP contribution in [0.1, 0.15) is 22.3 Å². The van der Waals surface area contributed by atoms with Crippen molar-refractivity contribution in [3.05, 3.63) is 64.7 Å². The number of hydrogen-bond acceptors (Lipinski definition) is 2. The molecule has 2 N–H and O–H groups in total. The SMILES string of the molecule is O=C(Nc1ccccc1)c1ccc(C#CCCO)c(Cl)c1. The zero-order chi connectivity index (χ0) is 15.1. The maximum Gasteiger partial charge on any atom is 0.255 e. The summed E-state index contributed by atoms with van der Waals surface area (Å²) in [6.45, 7) is 0.0161. The van der Waals surface area contributed by atoms with E-state index in [4.69, 9.17) is 16.7 Å². The molecule has 0 aliphatic carbocycles. The molecule has 0 radical (unpaired) electrons. The van der Waals surface area contributed by atoms with Crippen molar-refractivity contribution in [2.45, 2.75) is 6.42 Å². The van der Waals surface area contributed by atoms with Crippen LogP contribution in [-0.2, 0) is 0 Å². The number of benzene rings is 2. The van der Waals surface area contributed by atoms with E-state index in [-0.39, 0.29) is 12.5 Å². The third kappa shape index (κ3) is 4.35. The van der Waals surface area contributed by atoms with Gasteiger partial charge in [-0.3, -0.25) is 4.79 Å². The second kappa shape index (κ2) is 7.49. The third-order valence-electron chi connectivity index (χ3n) is 2.72. The van der Waals surface area contributed by atoms with Crippen molar-refractivity contribution in [2.24, 2.45) is 0 Å². The molecule has 2 aromatic carbocycles. The number of nitrogens with one attached hydrogen (secondary N) is 1. The minimum absolute atomic E-state index is 0.0161. The maximum absolute atomic E-state index is 12.1. The molecule has 0 aromatic heterocycles. The van der Waals surface area contributed by atoms with Gasteiger partial charge in [-0.25, -0.2) is 0 Å². The Kier molecular flexibility index (Phi) is 5.39. The second-order valence-corrected chi connectivity index (χ2v) is 4.70. The molecule has 0 fully saturated rings. The molecule has 106 valence electrons. The van der Waals surface area contributed by atoms with E-state index in [1.807, 2.05) is 30.3 Å².